The fourth-order valence-electron chi connectivity index (χ4n) is 7.77. The zero-order valence-corrected chi connectivity index (χ0v) is 27.3. The van der Waals surface area contributed by atoms with Gasteiger partial charge >= 0.3 is 0 Å². The maximum absolute atomic E-state index is 6.56. The number of hydrogen-bond acceptors (Lipinski definition) is 2. The number of furan rings is 1. The molecular formula is C48H31NO. The van der Waals surface area contributed by atoms with Crippen molar-refractivity contribution < 1.29 is 4.42 Å². The zero-order chi connectivity index (χ0) is 33.0. The number of anilines is 3. The second-order valence-electron chi connectivity index (χ2n) is 12.9. The Morgan fingerprint density at radius 1 is 0.320 bits per heavy atom. The molecule has 0 atom stereocenters. The van der Waals surface area contributed by atoms with E-state index in [1.807, 2.05) is 0 Å². The van der Waals surface area contributed by atoms with Crippen LogP contribution in [0.5, 0.6) is 0 Å². The zero-order valence-electron chi connectivity index (χ0n) is 27.3. The second-order valence-corrected chi connectivity index (χ2v) is 12.9. The van der Waals surface area contributed by atoms with Crippen LogP contribution in [0.25, 0.3) is 76.5 Å². The first-order valence-electron chi connectivity index (χ1n) is 17.1. The van der Waals surface area contributed by atoms with E-state index < -0.39 is 0 Å². The van der Waals surface area contributed by atoms with Gasteiger partial charge in [-0.25, -0.2) is 0 Å². The van der Waals surface area contributed by atoms with E-state index in [1.54, 1.807) is 0 Å². The summed E-state index contributed by atoms with van der Waals surface area (Å²) in [7, 11) is 0. The van der Waals surface area contributed by atoms with Crippen molar-refractivity contribution in [3.8, 4) is 22.3 Å². The number of para-hydroxylation sites is 2. The Kier molecular flexibility index (Phi) is 6.53. The molecule has 0 bridgehead atoms. The summed E-state index contributed by atoms with van der Waals surface area (Å²) in [5, 5.41) is 9.50. The number of benzene rings is 9. The smallest absolute Gasteiger partial charge is 0.136 e. The summed E-state index contributed by atoms with van der Waals surface area (Å²) in [6.45, 7) is 0. The van der Waals surface area contributed by atoms with Gasteiger partial charge in [0.05, 0.1) is 17.1 Å². The summed E-state index contributed by atoms with van der Waals surface area (Å²) in [5.41, 5.74) is 9.73. The highest BCUT2D eigenvalue weighted by Gasteiger charge is 2.24. The van der Waals surface area contributed by atoms with Crippen LogP contribution >= 0.6 is 0 Å². The van der Waals surface area contributed by atoms with Gasteiger partial charge in [-0.05, 0) is 74.5 Å². The van der Waals surface area contributed by atoms with Gasteiger partial charge in [-0.1, -0.05) is 152 Å². The molecule has 9 aromatic carbocycles. The Morgan fingerprint density at radius 2 is 0.900 bits per heavy atom. The van der Waals surface area contributed by atoms with Gasteiger partial charge in [-0.15, -0.1) is 0 Å². The summed E-state index contributed by atoms with van der Waals surface area (Å²) in [4.78, 5) is 2.48. The molecule has 0 N–H and O–H groups in total. The predicted molar refractivity (Wildman–Crippen MR) is 212 cm³/mol. The van der Waals surface area contributed by atoms with Crippen molar-refractivity contribution in [3.05, 3.63) is 188 Å². The van der Waals surface area contributed by atoms with Crippen molar-refractivity contribution in [3.63, 3.8) is 0 Å². The van der Waals surface area contributed by atoms with E-state index in [4.69, 9.17) is 4.42 Å². The largest absolute Gasteiger partial charge is 0.456 e. The number of rotatable bonds is 5. The van der Waals surface area contributed by atoms with Gasteiger partial charge < -0.3 is 9.32 Å². The third kappa shape index (κ3) is 4.50. The summed E-state index contributed by atoms with van der Waals surface area (Å²) in [6.07, 6.45) is 0. The van der Waals surface area contributed by atoms with Crippen LogP contribution in [0.2, 0.25) is 0 Å². The van der Waals surface area contributed by atoms with Crippen LogP contribution in [-0.2, 0) is 0 Å². The van der Waals surface area contributed by atoms with E-state index in [0.717, 1.165) is 50.1 Å². The lowest BCUT2D eigenvalue weighted by Crippen LogP contribution is -2.13. The Labute approximate surface area is 290 Å². The minimum absolute atomic E-state index is 0.884. The molecule has 0 saturated heterocycles. The average molecular weight is 638 g/mol. The van der Waals surface area contributed by atoms with Gasteiger partial charge in [-0.3, -0.25) is 0 Å². The molecule has 50 heavy (non-hydrogen) atoms. The van der Waals surface area contributed by atoms with E-state index in [1.165, 1.54) is 43.4 Å². The van der Waals surface area contributed by atoms with Crippen molar-refractivity contribution in [2.24, 2.45) is 0 Å². The first-order chi connectivity index (χ1) is 24.8. The van der Waals surface area contributed by atoms with Crippen LogP contribution in [-0.4, -0.2) is 0 Å². The van der Waals surface area contributed by atoms with Crippen LogP contribution < -0.4 is 4.90 Å². The summed E-state index contributed by atoms with van der Waals surface area (Å²) < 4.78 is 6.56. The van der Waals surface area contributed by atoms with E-state index in [2.05, 4.69) is 193 Å². The maximum atomic E-state index is 6.56. The molecule has 1 aromatic heterocycles. The molecule has 10 aromatic rings. The van der Waals surface area contributed by atoms with Gasteiger partial charge in [-0.2, -0.15) is 0 Å². The number of hydrogen-bond donors (Lipinski definition) is 0. The third-order valence-electron chi connectivity index (χ3n) is 10.0. The lowest BCUT2D eigenvalue weighted by molar-refractivity contribution is 0.669. The van der Waals surface area contributed by atoms with Crippen molar-refractivity contribution in [1.29, 1.82) is 0 Å². The van der Waals surface area contributed by atoms with Crippen molar-refractivity contribution in [1.82, 2.24) is 0 Å². The molecule has 2 nitrogen and oxygen atoms in total. The fourth-order valence-corrected chi connectivity index (χ4v) is 7.77. The van der Waals surface area contributed by atoms with Crippen LogP contribution in [0.3, 0.4) is 0 Å². The van der Waals surface area contributed by atoms with Gasteiger partial charge in [0.25, 0.3) is 0 Å². The Morgan fingerprint density at radius 3 is 1.70 bits per heavy atom. The predicted octanol–water partition coefficient (Wildman–Crippen LogP) is 13.8. The molecule has 0 saturated carbocycles. The Bertz CT molecular complexity index is 2880. The number of fused-ring (bicyclic) bond motifs is 7. The van der Waals surface area contributed by atoms with Crippen LogP contribution in [0.4, 0.5) is 17.1 Å². The Hall–Kier alpha value is -6.64. The quantitative estimate of drug-likeness (QED) is 0.175. The third-order valence-corrected chi connectivity index (χ3v) is 10.0. The molecule has 0 amide bonds. The molecule has 0 unspecified atom stereocenters. The second kappa shape index (κ2) is 11.5. The molecule has 10 rings (SSSR count). The van der Waals surface area contributed by atoms with Crippen molar-refractivity contribution in [2.75, 3.05) is 4.90 Å². The molecule has 0 fully saturated rings. The highest BCUT2D eigenvalue weighted by atomic mass is 16.3. The molecule has 2 heteroatoms. The highest BCUT2D eigenvalue weighted by Crippen LogP contribution is 2.49. The van der Waals surface area contributed by atoms with Crippen molar-refractivity contribution in [2.45, 2.75) is 0 Å². The minimum atomic E-state index is 0.884. The highest BCUT2D eigenvalue weighted by molar-refractivity contribution is 6.18. The fraction of sp³-hybridized carbons (Fsp3) is 0. The van der Waals surface area contributed by atoms with E-state index >= 15 is 0 Å². The molecule has 1 heterocycles. The lowest BCUT2D eigenvalue weighted by atomic mass is 9.94. The SMILES string of the molecule is c1ccc(-c2ccccc2N(c2ccccc2-c2cccc3oc4cc5ccccc5cc4c23)c2cc3ccccc3c3ccccc23)cc1. The summed E-state index contributed by atoms with van der Waals surface area (Å²) >= 11 is 0. The Balaban J connectivity index is 1.31. The van der Waals surface area contributed by atoms with E-state index in [9.17, 15) is 0 Å². The average Bonchev–Trinajstić information content (AvgIpc) is 3.55. The number of nitrogens with zero attached hydrogens (tertiary/aromatic N) is 1. The van der Waals surface area contributed by atoms with E-state index in [0.29, 0.717) is 0 Å². The van der Waals surface area contributed by atoms with Crippen LogP contribution in [0, 0.1) is 0 Å². The molecule has 0 spiro atoms. The minimum Gasteiger partial charge on any atom is -0.456 e. The van der Waals surface area contributed by atoms with Crippen LogP contribution in [0.15, 0.2) is 192 Å². The summed E-state index contributed by atoms with van der Waals surface area (Å²) in [6, 6.07) is 67.6. The van der Waals surface area contributed by atoms with Crippen LogP contribution in [0.1, 0.15) is 0 Å². The maximum Gasteiger partial charge on any atom is 0.136 e. The standard InChI is InChI=1S/C48H31NO/c1-2-15-32(16-3-1)37-21-10-12-26-43(37)49(45-30-35-19-6-7-20-36(35)38-22-8-9-23-39(38)45)44-27-13-11-24-40(44)41-25-14-28-46-48(41)42-29-33-17-4-5-18-34(33)31-47(42)50-46/h1-31H. The molecule has 0 aliphatic heterocycles. The normalized spacial score (nSPS) is 11.6. The lowest BCUT2D eigenvalue weighted by Gasteiger charge is -2.31. The molecular weight excluding hydrogens is 607 g/mol. The van der Waals surface area contributed by atoms with Crippen molar-refractivity contribution >= 4 is 71.3 Å². The van der Waals surface area contributed by atoms with Gasteiger partial charge in [0.15, 0.2) is 0 Å². The van der Waals surface area contributed by atoms with Gasteiger partial charge in [0.2, 0.25) is 0 Å². The topological polar surface area (TPSA) is 16.4 Å². The van der Waals surface area contributed by atoms with Gasteiger partial charge in [0.1, 0.15) is 11.2 Å². The molecule has 0 aliphatic rings. The first kappa shape index (κ1) is 28.4. The first-order valence-corrected chi connectivity index (χ1v) is 17.1. The monoisotopic (exact) mass is 637 g/mol. The molecule has 0 radical (unpaired) electrons. The van der Waals surface area contributed by atoms with Gasteiger partial charge in [0, 0.05) is 27.3 Å². The van der Waals surface area contributed by atoms with E-state index in [-0.39, 0.29) is 0 Å². The molecule has 0 aliphatic carbocycles. The summed E-state index contributed by atoms with van der Waals surface area (Å²) in [5.74, 6) is 0. The molecule has 234 valence electrons.